The molecule has 0 atom stereocenters. The minimum absolute atomic E-state index is 0.0352. The number of Topliss-reactive ketones (excluding diaryl/α,β-unsaturated/α-hetero) is 1. The molecule has 0 saturated heterocycles. The van der Waals surface area contributed by atoms with Crippen molar-refractivity contribution in [2.75, 3.05) is 13.1 Å². The van der Waals surface area contributed by atoms with Gasteiger partial charge in [0.25, 0.3) is 0 Å². The molecule has 2 aromatic rings. The maximum absolute atomic E-state index is 12.7. The van der Waals surface area contributed by atoms with E-state index in [-0.39, 0.29) is 18.2 Å². The first-order valence-electron chi connectivity index (χ1n) is 7.86. The molecule has 1 aromatic heterocycles. The number of amides is 1. The van der Waals surface area contributed by atoms with Crippen LogP contribution in [0.3, 0.4) is 0 Å². The Hall–Kier alpha value is -2.43. The van der Waals surface area contributed by atoms with Crippen LogP contribution < -0.4 is 0 Å². The van der Waals surface area contributed by atoms with Crippen molar-refractivity contribution in [1.29, 1.82) is 0 Å². The van der Waals surface area contributed by atoms with Crippen LogP contribution >= 0.6 is 0 Å². The minimum Gasteiger partial charge on any atom is -0.356 e. The van der Waals surface area contributed by atoms with Gasteiger partial charge < -0.3 is 9.88 Å². The lowest BCUT2D eigenvalue weighted by atomic mass is 9.92. The van der Waals surface area contributed by atoms with Gasteiger partial charge in [-0.3, -0.25) is 14.6 Å². The second kappa shape index (κ2) is 4.54. The van der Waals surface area contributed by atoms with Gasteiger partial charge in [-0.25, -0.2) is 0 Å². The van der Waals surface area contributed by atoms with Crippen molar-refractivity contribution < 1.29 is 9.59 Å². The van der Waals surface area contributed by atoms with E-state index in [1.54, 1.807) is 0 Å². The third-order valence-corrected chi connectivity index (χ3v) is 4.52. The first kappa shape index (κ1) is 14.2. The number of aliphatic imine (C=N–C) groups is 1. The van der Waals surface area contributed by atoms with Gasteiger partial charge in [0.05, 0.1) is 18.8 Å². The molecule has 2 aliphatic heterocycles. The second-order valence-electron chi connectivity index (χ2n) is 7.30. The van der Waals surface area contributed by atoms with Gasteiger partial charge in [-0.2, -0.15) is 0 Å². The van der Waals surface area contributed by atoms with Gasteiger partial charge in [-0.15, -0.1) is 0 Å². The topological polar surface area (TPSA) is 65.5 Å². The predicted octanol–water partition coefficient (Wildman–Crippen LogP) is 2.54. The average molecular weight is 309 g/mol. The molecule has 0 fully saturated rings. The third kappa shape index (κ3) is 2.03. The highest BCUT2D eigenvalue weighted by molar-refractivity contribution is 6.22. The number of aromatic amines is 1. The van der Waals surface area contributed by atoms with Crippen molar-refractivity contribution in [3.05, 3.63) is 35.0 Å². The monoisotopic (exact) mass is 309 g/mol. The maximum Gasteiger partial charge on any atom is 0.228 e. The number of hydrogen-bond donors (Lipinski definition) is 1. The number of carbonyl (C=O) groups excluding carboxylic acids is 2. The molecule has 5 heteroatoms. The molecule has 1 N–H and O–H groups in total. The zero-order valence-electron chi connectivity index (χ0n) is 13.6. The Morgan fingerprint density at radius 3 is 2.78 bits per heavy atom. The van der Waals surface area contributed by atoms with E-state index in [1.165, 1.54) is 0 Å². The molecule has 0 aliphatic carbocycles. The van der Waals surface area contributed by atoms with Gasteiger partial charge in [-0.05, 0) is 6.07 Å². The van der Waals surface area contributed by atoms with Crippen LogP contribution in [-0.4, -0.2) is 40.4 Å². The summed E-state index contributed by atoms with van der Waals surface area (Å²) in [5, 5.41) is 0.964. The number of benzene rings is 1. The highest BCUT2D eigenvalue weighted by Crippen LogP contribution is 2.33. The Balaban J connectivity index is 1.91. The number of hydrogen-bond acceptors (Lipinski definition) is 3. The molecular formula is C18H19N3O2. The summed E-state index contributed by atoms with van der Waals surface area (Å²) in [6.07, 6.45) is 0. The Morgan fingerprint density at radius 2 is 2.04 bits per heavy atom. The van der Waals surface area contributed by atoms with E-state index in [2.05, 4.69) is 9.98 Å². The molecule has 2 aliphatic rings. The van der Waals surface area contributed by atoms with Crippen LogP contribution in [0.4, 0.5) is 0 Å². The molecule has 0 bridgehead atoms. The van der Waals surface area contributed by atoms with Crippen molar-refractivity contribution >= 4 is 28.3 Å². The molecule has 5 nitrogen and oxygen atoms in total. The Kier molecular flexibility index (Phi) is 2.80. The van der Waals surface area contributed by atoms with E-state index in [4.69, 9.17) is 0 Å². The van der Waals surface area contributed by atoms with Gasteiger partial charge in [0.2, 0.25) is 5.91 Å². The summed E-state index contributed by atoms with van der Waals surface area (Å²) in [4.78, 5) is 34.7. The summed E-state index contributed by atoms with van der Waals surface area (Å²) < 4.78 is 0. The Bertz CT molecular complexity index is 884. The average Bonchev–Trinajstić information content (AvgIpc) is 2.81. The number of aromatic nitrogens is 1. The van der Waals surface area contributed by atoms with Crippen molar-refractivity contribution in [1.82, 2.24) is 9.88 Å². The second-order valence-corrected chi connectivity index (χ2v) is 7.30. The van der Waals surface area contributed by atoms with Gasteiger partial charge >= 0.3 is 0 Å². The lowest BCUT2D eigenvalue weighted by Crippen LogP contribution is -2.44. The SMILES string of the molecule is CC(C)(C)C(=O)N1CC2=NCC(=O)c3cccc4[nH]c(c2c34)C1. The highest BCUT2D eigenvalue weighted by atomic mass is 16.2. The molecule has 0 radical (unpaired) electrons. The van der Waals surface area contributed by atoms with Crippen LogP contribution in [0.25, 0.3) is 10.9 Å². The smallest absolute Gasteiger partial charge is 0.228 e. The Morgan fingerprint density at radius 1 is 1.26 bits per heavy atom. The lowest BCUT2D eigenvalue weighted by molar-refractivity contribution is -0.139. The molecule has 4 rings (SSSR count). The summed E-state index contributed by atoms with van der Waals surface area (Å²) in [5.41, 5.74) is 4.09. The molecule has 1 amide bonds. The number of nitrogens with one attached hydrogen (secondary N) is 1. The summed E-state index contributed by atoms with van der Waals surface area (Å²) in [6, 6.07) is 5.73. The van der Waals surface area contributed by atoms with Gasteiger partial charge in [-0.1, -0.05) is 32.9 Å². The summed E-state index contributed by atoms with van der Waals surface area (Å²) in [7, 11) is 0. The van der Waals surface area contributed by atoms with Crippen LogP contribution in [0.1, 0.15) is 42.4 Å². The van der Waals surface area contributed by atoms with Crippen molar-refractivity contribution in [3.8, 4) is 0 Å². The molecule has 0 unspecified atom stereocenters. The number of carbonyl (C=O) groups is 2. The number of ketones is 1. The van der Waals surface area contributed by atoms with E-state index in [1.807, 2.05) is 43.9 Å². The van der Waals surface area contributed by atoms with Crippen LogP contribution in [0.5, 0.6) is 0 Å². The molecule has 0 saturated carbocycles. The number of H-pyrrole nitrogens is 1. The van der Waals surface area contributed by atoms with E-state index in [0.717, 1.165) is 33.4 Å². The van der Waals surface area contributed by atoms with E-state index >= 15 is 0 Å². The molecule has 3 heterocycles. The van der Waals surface area contributed by atoms with Gasteiger partial charge in [0, 0.05) is 33.1 Å². The van der Waals surface area contributed by atoms with Crippen LogP contribution in [-0.2, 0) is 11.3 Å². The summed E-state index contributed by atoms with van der Waals surface area (Å²) in [5.74, 6) is 0.133. The van der Waals surface area contributed by atoms with E-state index in [9.17, 15) is 9.59 Å². The minimum atomic E-state index is -0.435. The summed E-state index contributed by atoms with van der Waals surface area (Å²) >= 11 is 0. The summed E-state index contributed by atoms with van der Waals surface area (Å²) in [6.45, 7) is 6.93. The Labute approximate surface area is 134 Å². The van der Waals surface area contributed by atoms with Gasteiger partial charge in [0.1, 0.15) is 6.54 Å². The molecule has 23 heavy (non-hydrogen) atoms. The van der Waals surface area contributed by atoms with Gasteiger partial charge in [0.15, 0.2) is 5.78 Å². The standard InChI is InChI=1S/C18H19N3O2/c1-18(2,3)17(23)21-8-12-16-13(9-21)20-11-6-4-5-10(15(11)16)14(22)7-19-12/h4-6,20H,7-9H2,1-3H3. The van der Waals surface area contributed by atoms with Crippen LogP contribution in [0, 0.1) is 5.41 Å². The fourth-order valence-corrected chi connectivity index (χ4v) is 3.48. The predicted molar refractivity (Wildman–Crippen MR) is 88.9 cm³/mol. The van der Waals surface area contributed by atoms with Crippen molar-refractivity contribution in [3.63, 3.8) is 0 Å². The molecule has 1 aromatic carbocycles. The fourth-order valence-electron chi connectivity index (χ4n) is 3.48. The molecule has 118 valence electrons. The maximum atomic E-state index is 12.7. The van der Waals surface area contributed by atoms with E-state index < -0.39 is 5.41 Å². The largest absolute Gasteiger partial charge is 0.356 e. The number of nitrogens with zero attached hydrogens (tertiary/aromatic N) is 2. The van der Waals surface area contributed by atoms with Crippen molar-refractivity contribution in [2.24, 2.45) is 10.4 Å². The quantitative estimate of drug-likeness (QED) is 0.812. The third-order valence-electron chi connectivity index (χ3n) is 4.52. The fraction of sp³-hybridized carbons (Fsp3) is 0.389. The molecular weight excluding hydrogens is 290 g/mol. The first-order valence-corrected chi connectivity index (χ1v) is 7.86. The zero-order chi connectivity index (χ0) is 16.4. The lowest BCUT2D eigenvalue weighted by Gasteiger charge is -2.33. The zero-order valence-corrected chi connectivity index (χ0v) is 13.6. The van der Waals surface area contributed by atoms with E-state index in [0.29, 0.717) is 13.1 Å². The van der Waals surface area contributed by atoms with Crippen LogP contribution in [0.2, 0.25) is 0 Å². The highest BCUT2D eigenvalue weighted by Gasteiger charge is 2.35. The molecule has 0 spiro atoms. The normalized spacial score (nSPS) is 17.3. The van der Waals surface area contributed by atoms with Crippen molar-refractivity contribution in [2.45, 2.75) is 27.3 Å². The first-order chi connectivity index (χ1) is 10.9. The van der Waals surface area contributed by atoms with Crippen LogP contribution in [0.15, 0.2) is 23.2 Å². The number of rotatable bonds is 0.